The fourth-order valence-electron chi connectivity index (χ4n) is 3.76. The van der Waals surface area contributed by atoms with Crippen molar-refractivity contribution in [3.63, 3.8) is 0 Å². The van der Waals surface area contributed by atoms with Crippen molar-refractivity contribution in [1.29, 1.82) is 0 Å². The molecule has 1 saturated heterocycles. The quantitative estimate of drug-likeness (QED) is 0.924. The summed E-state index contributed by atoms with van der Waals surface area (Å²) in [6.45, 7) is 1.43. The van der Waals surface area contributed by atoms with Crippen LogP contribution in [0, 0.1) is 11.8 Å². The first-order valence-corrected chi connectivity index (χ1v) is 8.02. The minimum atomic E-state index is 0.189. The van der Waals surface area contributed by atoms with E-state index in [4.69, 9.17) is 8.94 Å². The molecule has 122 valence electrons. The minimum Gasteiger partial charge on any atom is -0.461 e. The number of aromatic nitrogens is 2. The Morgan fingerprint density at radius 2 is 2.26 bits per heavy atom. The third kappa shape index (κ3) is 2.88. The lowest BCUT2D eigenvalue weighted by Gasteiger charge is -2.24. The van der Waals surface area contributed by atoms with Crippen molar-refractivity contribution in [2.75, 3.05) is 13.6 Å². The fraction of sp³-hybridized carbons (Fsp3) is 0.562. The Bertz CT molecular complexity index is 681. The summed E-state index contributed by atoms with van der Waals surface area (Å²) in [5.74, 6) is 2.98. The molecule has 1 amide bonds. The summed E-state index contributed by atoms with van der Waals surface area (Å²) in [7, 11) is 2.08. The molecule has 0 spiro atoms. The summed E-state index contributed by atoms with van der Waals surface area (Å²) in [6, 6.07) is 4.06. The molecule has 2 aliphatic rings. The number of hydrogen-bond donors (Lipinski definition) is 1. The van der Waals surface area contributed by atoms with Gasteiger partial charge in [-0.15, -0.1) is 0 Å². The molecule has 4 rings (SSSR count). The van der Waals surface area contributed by atoms with Crippen molar-refractivity contribution < 1.29 is 13.7 Å². The van der Waals surface area contributed by atoms with Crippen LogP contribution in [0.2, 0.25) is 0 Å². The molecule has 2 aromatic rings. The Morgan fingerprint density at radius 3 is 3.09 bits per heavy atom. The summed E-state index contributed by atoms with van der Waals surface area (Å²) in [5, 5.41) is 6.93. The Hall–Kier alpha value is -2.15. The largest absolute Gasteiger partial charge is 0.461 e. The van der Waals surface area contributed by atoms with Gasteiger partial charge in [0.1, 0.15) is 0 Å². The van der Waals surface area contributed by atoms with Crippen molar-refractivity contribution in [2.45, 2.75) is 31.8 Å². The predicted molar refractivity (Wildman–Crippen MR) is 81.1 cm³/mol. The average Bonchev–Trinajstić information content (AvgIpc) is 3.26. The van der Waals surface area contributed by atoms with Crippen LogP contribution in [0.3, 0.4) is 0 Å². The van der Waals surface area contributed by atoms with Crippen molar-refractivity contribution in [2.24, 2.45) is 11.8 Å². The normalized spacial score (nSPS) is 27.2. The highest BCUT2D eigenvalue weighted by atomic mass is 16.5. The van der Waals surface area contributed by atoms with E-state index >= 15 is 0 Å². The number of carbonyl (C=O) groups excluding carboxylic acids is 1. The maximum Gasteiger partial charge on any atom is 0.241 e. The van der Waals surface area contributed by atoms with Crippen molar-refractivity contribution >= 4 is 5.91 Å². The second kappa shape index (κ2) is 5.81. The molecule has 2 aromatic heterocycles. The lowest BCUT2D eigenvalue weighted by molar-refractivity contribution is -0.124. The Morgan fingerprint density at radius 1 is 1.39 bits per heavy atom. The molecule has 1 aliphatic heterocycles. The number of amides is 1. The molecule has 23 heavy (non-hydrogen) atoms. The first-order chi connectivity index (χ1) is 11.2. The zero-order valence-corrected chi connectivity index (χ0v) is 13.1. The molecule has 0 unspecified atom stereocenters. The van der Waals surface area contributed by atoms with Crippen LogP contribution >= 0.6 is 0 Å². The maximum atomic E-state index is 11.5. The van der Waals surface area contributed by atoms with Crippen LogP contribution in [0.1, 0.15) is 25.2 Å². The highest BCUT2D eigenvalue weighted by Gasteiger charge is 2.39. The zero-order chi connectivity index (χ0) is 15.8. The third-order valence-electron chi connectivity index (χ3n) is 5.04. The highest BCUT2D eigenvalue weighted by Crippen LogP contribution is 2.38. The zero-order valence-electron chi connectivity index (χ0n) is 13.1. The van der Waals surface area contributed by atoms with Gasteiger partial charge < -0.3 is 14.3 Å². The van der Waals surface area contributed by atoms with E-state index in [1.807, 2.05) is 6.07 Å². The first-order valence-electron chi connectivity index (χ1n) is 8.02. The van der Waals surface area contributed by atoms with E-state index in [1.165, 1.54) is 0 Å². The topological polar surface area (TPSA) is 84.4 Å². The van der Waals surface area contributed by atoms with Gasteiger partial charge in [0.25, 0.3) is 0 Å². The second-order valence-electron chi connectivity index (χ2n) is 6.56. The molecule has 0 aromatic carbocycles. The molecule has 0 bridgehead atoms. The van der Waals surface area contributed by atoms with Crippen LogP contribution in [0.5, 0.6) is 0 Å². The lowest BCUT2D eigenvalue weighted by atomic mass is 9.89. The molecule has 0 radical (unpaired) electrons. The van der Waals surface area contributed by atoms with E-state index in [1.54, 1.807) is 12.3 Å². The summed E-state index contributed by atoms with van der Waals surface area (Å²) >= 11 is 0. The van der Waals surface area contributed by atoms with Gasteiger partial charge in [0.15, 0.2) is 5.76 Å². The van der Waals surface area contributed by atoms with Crippen LogP contribution in [0.25, 0.3) is 11.6 Å². The smallest absolute Gasteiger partial charge is 0.241 e. The average molecular weight is 316 g/mol. The van der Waals surface area contributed by atoms with E-state index in [2.05, 4.69) is 27.4 Å². The fourth-order valence-corrected chi connectivity index (χ4v) is 3.76. The SMILES string of the molecule is CN(Cc1nc(-c2ccco2)no1)[C@H]1C[C@H]2CNC(=O)C[C@H]2C1. The lowest BCUT2D eigenvalue weighted by Crippen LogP contribution is -2.38. The van der Waals surface area contributed by atoms with Gasteiger partial charge >= 0.3 is 0 Å². The molecule has 1 N–H and O–H groups in total. The van der Waals surface area contributed by atoms with Crippen molar-refractivity contribution in [3.05, 3.63) is 24.3 Å². The van der Waals surface area contributed by atoms with E-state index in [-0.39, 0.29) is 5.91 Å². The number of nitrogens with one attached hydrogen (secondary N) is 1. The molecule has 1 saturated carbocycles. The van der Waals surface area contributed by atoms with E-state index < -0.39 is 0 Å². The van der Waals surface area contributed by atoms with Gasteiger partial charge in [0.2, 0.25) is 17.6 Å². The monoisotopic (exact) mass is 316 g/mol. The number of rotatable bonds is 4. The van der Waals surface area contributed by atoms with Crippen LogP contribution in [-0.2, 0) is 11.3 Å². The Kier molecular flexibility index (Phi) is 3.65. The molecular weight excluding hydrogens is 296 g/mol. The Balaban J connectivity index is 1.39. The van der Waals surface area contributed by atoms with Gasteiger partial charge in [-0.05, 0) is 43.9 Å². The molecule has 1 aliphatic carbocycles. The van der Waals surface area contributed by atoms with Gasteiger partial charge in [-0.3, -0.25) is 9.69 Å². The van der Waals surface area contributed by atoms with Crippen LogP contribution in [0.15, 0.2) is 27.3 Å². The number of fused-ring (bicyclic) bond motifs is 1. The Labute approximate surface area is 134 Å². The number of carbonyl (C=O) groups is 1. The van der Waals surface area contributed by atoms with Crippen LogP contribution in [0.4, 0.5) is 0 Å². The molecule has 7 heteroatoms. The maximum absolute atomic E-state index is 11.5. The van der Waals surface area contributed by atoms with E-state index in [0.717, 1.165) is 19.4 Å². The standard InChI is InChI=1S/C16H20N4O3/c1-20(12-5-10-7-14(21)17-8-11(10)6-12)9-15-18-16(19-23-15)13-3-2-4-22-13/h2-4,10-12H,5-9H2,1H3,(H,17,21)/t10-,11+,12-/m1/s1. The predicted octanol–water partition coefficient (Wildman–Crippen LogP) is 1.68. The first kappa shape index (κ1) is 14.4. The molecule has 3 heterocycles. The van der Waals surface area contributed by atoms with Crippen molar-refractivity contribution in [3.8, 4) is 11.6 Å². The van der Waals surface area contributed by atoms with Gasteiger partial charge in [0, 0.05) is 19.0 Å². The molecule has 3 atom stereocenters. The number of furan rings is 1. The van der Waals surface area contributed by atoms with Crippen LogP contribution in [-0.4, -0.2) is 40.6 Å². The van der Waals surface area contributed by atoms with Gasteiger partial charge in [0.05, 0.1) is 12.8 Å². The molecular formula is C16H20N4O3. The number of piperidine rings is 1. The van der Waals surface area contributed by atoms with Gasteiger partial charge in [-0.1, -0.05) is 5.16 Å². The summed E-state index contributed by atoms with van der Waals surface area (Å²) in [6.07, 6.45) is 4.43. The van der Waals surface area contributed by atoms with E-state index in [9.17, 15) is 4.79 Å². The molecule has 7 nitrogen and oxygen atoms in total. The summed E-state index contributed by atoms with van der Waals surface area (Å²) in [5.41, 5.74) is 0. The van der Waals surface area contributed by atoms with Gasteiger partial charge in [-0.2, -0.15) is 4.98 Å². The summed E-state index contributed by atoms with van der Waals surface area (Å²) < 4.78 is 10.6. The van der Waals surface area contributed by atoms with E-state index in [0.29, 0.717) is 48.3 Å². The minimum absolute atomic E-state index is 0.189. The van der Waals surface area contributed by atoms with Crippen LogP contribution < -0.4 is 5.32 Å². The highest BCUT2D eigenvalue weighted by molar-refractivity contribution is 5.77. The second-order valence-corrected chi connectivity index (χ2v) is 6.56. The molecule has 2 fully saturated rings. The van der Waals surface area contributed by atoms with Crippen molar-refractivity contribution in [1.82, 2.24) is 20.4 Å². The number of hydrogen-bond acceptors (Lipinski definition) is 6. The van der Waals surface area contributed by atoms with Gasteiger partial charge in [-0.25, -0.2) is 0 Å². The third-order valence-corrected chi connectivity index (χ3v) is 5.04. The number of nitrogens with zero attached hydrogens (tertiary/aromatic N) is 3. The summed E-state index contributed by atoms with van der Waals surface area (Å²) in [4.78, 5) is 18.2.